The van der Waals surface area contributed by atoms with Gasteiger partial charge in [-0.2, -0.15) is 0 Å². The first kappa shape index (κ1) is 14.5. The lowest BCUT2D eigenvalue weighted by atomic mass is 9.73. The number of hydrogen-bond acceptors (Lipinski definition) is 2. The second-order valence-electron chi connectivity index (χ2n) is 5.71. The highest BCUT2D eigenvalue weighted by molar-refractivity contribution is 5.75. The summed E-state index contributed by atoms with van der Waals surface area (Å²) in [5.74, 6) is -0.584. The molecule has 1 N–H and O–H groups in total. The molecule has 0 heterocycles. The van der Waals surface area contributed by atoms with Crippen LogP contribution in [0.3, 0.4) is 0 Å². The smallest absolute Gasteiger partial charge is 0.310 e. The molecule has 0 spiro atoms. The van der Waals surface area contributed by atoms with E-state index in [1.807, 2.05) is 0 Å². The monoisotopic (exact) mass is 241 g/mol. The van der Waals surface area contributed by atoms with Crippen LogP contribution in [0.15, 0.2) is 0 Å². The van der Waals surface area contributed by atoms with Gasteiger partial charge in [-0.05, 0) is 39.7 Å². The van der Waals surface area contributed by atoms with Gasteiger partial charge < -0.3 is 5.11 Å². The van der Waals surface area contributed by atoms with Gasteiger partial charge in [0.1, 0.15) is 0 Å². The van der Waals surface area contributed by atoms with E-state index < -0.39 is 11.4 Å². The van der Waals surface area contributed by atoms with Crippen LogP contribution in [0, 0.1) is 5.41 Å². The lowest BCUT2D eigenvalue weighted by Crippen LogP contribution is -2.47. The van der Waals surface area contributed by atoms with Crippen LogP contribution in [0.25, 0.3) is 0 Å². The topological polar surface area (TPSA) is 40.5 Å². The molecule has 0 bridgehead atoms. The van der Waals surface area contributed by atoms with E-state index in [1.165, 1.54) is 6.42 Å². The van der Waals surface area contributed by atoms with Crippen LogP contribution in [-0.2, 0) is 4.79 Å². The maximum absolute atomic E-state index is 11.6. The fourth-order valence-corrected chi connectivity index (χ4v) is 2.86. The molecule has 0 aliphatic heterocycles. The van der Waals surface area contributed by atoms with Gasteiger partial charge in [-0.3, -0.25) is 9.69 Å². The van der Waals surface area contributed by atoms with Crippen LogP contribution in [0.2, 0.25) is 0 Å². The van der Waals surface area contributed by atoms with Crippen LogP contribution in [0.5, 0.6) is 0 Å². The molecule has 0 aromatic carbocycles. The van der Waals surface area contributed by atoms with Gasteiger partial charge in [-0.25, -0.2) is 0 Å². The number of nitrogens with zero attached hydrogens (tertiary/aromatic N) is 1. The minimum absolute atomic E-state index is 0.438. The van der Waals surface area contributed by atoms with Gasteiger partial charge in [-0.1, -0.05) is 26.2 Å². The Hall–Kier alpha value is -0.570. The highest BCUT2D eigenvalue weighted by Crippen LogP contribution is 2.37. The number of aliphatic carboxylic acids is 1. The zero-order valence-corrected chi connectivity index (χ0v) is 11.5. The minimum Gasteiger partial charge on any atom is -0.481 e. The van der Waals surface area contributed by atoms with Gasteiger partial charge in [0.25, 0.3) is 0 Å². The van der Waals surface area contributed by atoms with Crippen molar-refractivity contribution in [1.29, 1.82) is 0 Å². The van der Waals surface area contributed by atoms with E-state index >= 15 is 0 Å². The van der Waals surface area contributed by atoms with Gasteiger partial charge in [-0.15, -0.1) is 0 Å². The lowest BCUT2D eigenvalue weighted by molar-refractivity contribution is -0.152. The largest absolute Gasteiger partial charge is 0.481 e. The number of carboxylic acid groups (broad SMARTS) is 1. The first-order valence-electron chi connectivity index (χ1n) is 6.99. The van der Waals surface area contributed by atoms with Crippen molar-refractivity contribution in [2.45, 2.75) is 65.3 Å². The van der Waals surface area contributed by atoms with Gasteiger partial charge in [0, 0.05) is 12.6 Å². The van der Waals surface area contributed by atoms with E-state index in [4.69, 9.17) is 0 Å². The molecule has 1 aliphatic carbocycles. The fraction of sp³-hybridized carbons (Fsp3) is 0.929. The second-order valence-corrected chi connectivity index (χ2v) is 5.71. The average molecular weight is 241 g/mol. The Bertz CT molecular complexity index is 245. The molecule has 0 aromatic rings. The van der Waals surface area contributed by atoms with Crippen molar-refractivity contribution in [3.8, 4) is 0 Å². The number of rotatable bonds is 6. The Morgan fingerprint density at radius 1 is 1.29 bits per heavy atom. The molecule has 1 rings (SSSR count). The third-order valence-electron chi connectivity index (χ3n) is 4.01. The summed E-state index contributed by atoms with van der Waals surface area (Å²) in [7, 11) is 0. The van der Waals surface area contributed by atoms with Crippen molar-refractivity contribution >= 4 is 5.97 Å². The molecule has 1 fully saturated rings. The summed E-state index contributed by atoms with van der Waals surface area (Å²) in [6, 6.07) is 0.438. The molecule has 0 aromatic heterocycles. The molecule has 1 saturated carbocycles. The van der Waals surface area contributed by atoms with Gasteiger partial charge >= 0.3 is 5.97 Å². The Labute approximate surface area is 105 Å². The molecule has 0 unspecified atom stereocenters. The molecule has 1 aliphatic rings. The van der Waals surface area contributed by atoms with Crippen molar-refractivity contribution in [1.82, 2.24) is 4.90 Å². The molecule has 3 nitrogen and oxygen atoms in total. The highest BCUT2D eigenvalue weighted by Gasteiger charge is 2.41. The summed E-state index contributed by atoms with van der Waals surface area (Å²) in [4.78, 5) is 13.9. The van der Waals surface area contributed by atoms with E-state index in [0.717, 1.165) is 45.2 Å². The van der Waals surface area contributed by atoms with Crippen molar-refractivity contribution in [3.63, 3.8) is 0 Å². The molecular formula is C14H27NO2. The molecule has 3 heteroatoms. The number of hydrogen-bond donors (Lipinski definition) is 1. The molecule has 0 amide bonds. The lowest BCUT2D eigenvalue weighted by Gasteiger charge is -2.39. The van der Waals surface area contributed by atoms with Crippen LogP contribution in [0.4, 0.5) is 0 Å². The maximum atomic E-state index is 11.6. The summed E-state index contributed by atoms with van der Waals surface area (Å²) in [6.45, 7) is 8.21. The highest BCUT2D eigenvalue weighted by atomic mass is 16.4. The summed E-state index contributed by atoms with van der Waals surface area (Å²) < 4.78 is 0. The predicted octanol–water partition coefficient (Wildman–Crippen LogP) is 3.14. The van der Waals surface area contributed by atoms with E-state index in [1.54, 1.807) is 0 Å². The normalized spacial score (nSPS) is 19.8. The second kappa shape index (κ2) is 6.39. The summed E-state index contributed by atoms with van der Waals surface area (Å²) in [5.41, 5.74) is -0.475. The molecule has 100 valence electrons. The van der Waals surface area contributed by atoms with Crippen molar-refractivity contribution in [2.75, 3.05) is 13.1 Å². The summed E-state index contributed by atoms with van der Waals surface area (Å²) >= 11 is 0. The standard InChI is InChI=1S/C14H27NO2/c1-4-10-15(12(2)3)11-14(13(16)17)8-6-5-7-9-14/h12H,4-11H2,1-3H3,(H,16,17). The average Bonchev–Trinajstić information content (AvgIpc) is 2.29. The molecular weight excluding hydrogens is 214 g/mol. The third kappa shape index (κ3) is 3.70. The Morgan fingerprint density at radius 2 is 1.88 bits per heavy atom. The summed E-state index contributed by atoms with van der Waals surface area (Å²) in [5, 5.41) is 9.56. The van der Waals surface area contributed by atoms with Crippen molar-refractivity contribution in [2.24, 2.45) is 5.41 Å². The SMILES string of the molecule is CCCN(CC1(C(=O)O)CCCCC1)C(C)C. The van der Waals surface area contributed by atoms with Gasteiger partial charge in [0.05, 0.1) is 5.41 Å². The Kier molecular flexibility index (Phi) is 5.44. The predicted molar refractivity (Wildman–Crippen MR) is 70.2 cm³/mol. The Morgan fingerprint density at radius 3 is 2.29 bits per heavy atom. The fourth-order valence-electron chi connectivity index (χ4n) is 2.86. The number of carbonyl (C=O) groups is 1. The zero-order chi connectivity index (χ0) is 12.9. The van der Waals surface area contributed by atoms with Crippen LogP contribution >= 0.6 is 0 Å². The zero-order valence-electron chi connectivity index (χ0n) is 11.5. The van der Waals surface area contributed by atoms with E-state index in [0.29, 0.717) is 6.04 Å². The molecule has 17 heavy (non-hydrogen) atoms. The van der Waals surface area contributed by atoms with E-state index in [9.17, 15) is 9.90 Å². The maximum Gasteiger partial charge on any atom is 0.310 e. The minimum atomic E-state index is -0.584. The first-order chi connectivity index (χ1) is 8.02. The molecule has 0 radical (unpaired) electrons. The first-order valence-corrected chi connectivity index (χ1v) is 6.99. The van der Waals surface area contributed by atoms with Gasteiger partial charge in [0.15, 0.2) is 0 Å². The summed E-state index contributed by atoms with van der Waals surface area (Å²) in [6.07, 6.45) is 6.15. The molecule has 0 atom stereocenters. The van der Waals surface area contributed by atoms with Crippen molar-refractivity contribution < 1.29 is 9.90 Å². The van der Waals surface area contributed by atoms with Crippen LogP contribution < -0.4 is 0 Å². The van der Waals surface area contributed by atoms with E-state index in [2.05, 4.69) is 25.7 Å². The van der Waals surface area contributed by atoms with Crippen LogP contribution in [0.1, 0.15) is 59.3 Å². The van der Waals surface area contributed by atoms with Crippen LogP contribution in [-0.4, -0.2) is 35.1 Å². The Balaban J connectivity index is 2.73. The third-order valence-corrected chi connectivity index (χ3v) is 4.01. The van der Waals surface area contributed by atoms with Gasteiger partial charge in [0.2, 0.25) is 0 Å². The quantitative estimate of drug-likeness (QED) is 0.776. The number of carboxylic acids is 1. The van der Waals surface area contributed by atoms with Crippen molar-refractivity contribution in [3.05, 3.63) is 0 Å². The molecule has 0 saturated heterocycles. The van der Waals surface area contributed by atoms with E-state index in [-0.39, 0.29) is 0 Å².